The Labute approximate surface area is 160 Å². The van der Waals surface area contributed by atoms with Crippen LogP contribution in [0.1, 0.15) is 11.1 Å². The fourth-order valence-electron chi connectivity index (χ4n) is 2.96. The molecule has 1 N–H and O–H groups in total. The number of halogens is 2. The topological polar surface area (TPSA) is 15.8 Å². The van der Waals surface area contributed by atoms with Crippen molar-refractivity contribution in [1.82, 2.24) is 4.98 Å². The molecule has 0 atom stereocenters. The van der Waals surface area contributed by atoms with E-state index in [1.165, 1.54) is 33.3 Å². The van der Waals surface area contributed by atoms with Gasteiger partial charge in [0.15, 0.2) is 0 Å². The Hall–Kier alpha value is -1.21. The van der Waals surface area contributed by atoms with Crippen LogP contribution < -0.4 is 0 Å². The molecule has 0 spiro atoms. The molecule has 4 heteroatoms. The first-order chi connectivity index (χ1) is 11.8. The number of fused-ring (bicyclic) bond motifs is 5. The first kappa shape index (κ1) is 17.6. The van der Waals surface area contributed by atoms with E-state index in [4.69, 9.17) is 17.0 Å². The van der Waals surface area contributed by atoms with Crippen molar-refractivity contribution in [2.45, 2.75) is 6.42 Å². The largest absolute Gasteiger partial charge is 0.365 e. The van der Waals surface area contributed by atoms with Crippen molar-refractivity contribution >= 4 is 27.9 Å². The maximum atomic E-state index is 4.93. The first-order valence-corrected chi connectivity index (χ1v) is 13.9. The van der Waals surface area contributed by atoms with Crippen molar-refractivity contribution in [2.24, 2.45) is 0 Å². The molecule has 4 aromatic rings. The molecule has 1 heterocycles. The van der Waals surface area contributed by atoms with Crippen LogP contribution in [-0.4, -0.2) is 4.98 Å². The van der Waals surface area contributed by atoms with E-state index in [-0.39, 0.29) is 0 Å². The van der Waals surface area contributed by atoms with Crippen LogP contribution in [0.2, 0.25) is 0 Å². The number of rotatable bonds is 0. The molecule has 0 saturated carbocycles. The summed E-state index contributed by atoms with van der Waals surface area (Å²) >= 11 is -0.826. The molecule has 118 valence electrons. The minimum Gasteiger partial charge on any atom is -0.365 e. The standard InChI is InChI=1S/C15H10N.C5H5.2ClH.Zr/c1-2-6-11-10(5-1)9-13-12-7-3-4-8-14(12)16-15(11)13;1-2-4-5-3-1;;;/h1-4,6-8,16H,9H2;1-5H;2*1H;/q2*-1;;;+4/p-2. The molecule has 1 aliphatic carbocycles. The summed E-state index contributed by atoms with van der Waals surface area (Å²) in [4.78, 5) is 3.51. The molecule has 0 aliphatic heterocycles. The average molecular weight is 431 g/mol. The zero-order valence-corrected chi connectivity index (χ0v) is 16.9. The molecule has 0 amide bonds. The van der Waals surface area contributed by atoms with E-state index in [1.54, 1.807) is 0 Å². The molecular weight excluding hydrogens is 416 g/mol. The van der Waals surface area contributed by atoms with Gasteiger partial charge in [-0.1, -0.05) is 18.2 Å². The number of hydrogen-bond donors (Lipinski definition) is 1. The van der Waals surface area contributed by atoms with Gasteiger partial charge < -0.3 is 4.98 Å². The molecule has 0 bridgehead atoms. The van der Waals surface area contributed by atoms with E-state index in [0.29, 0.717) is 0 Å². The molecule has 0 unspecified atom stereocenters. The smallest absolute Gasteiger partial charge is 0.0453 e. The number of aromatic nitrogens is 1. The summed E-state index contributed by atoms with van der Waals surface area (Å²) in [7, 11) is 9.87. The third-order valence-corrected chi connectivity index (χ3v) is 3.93. The molecular formula is C20H15Cl2NZr. The molecule has 5 rings (SSSR count). The molecule has 0 saturated heterocycles. The van der Waals surface area contributed by atoms with Crippen molar-refractivity contribution in [3.8, 4) is 11.3 Å². The van der Waals surface area contributed by atoms with Gasteiger partial charge in [0.2, 0.25) is 0 Å². The van der Waals surface area contributed by atoms with Crippen LogP contribution in [0.15, 0.2) is 72.8 Å². The van der Waals surface area contributed by atoms with Crippen LogP contribution in [0.5, 0.6) is 0 Å². The fourth-order valence-corrected chi connectivity index (χ4v) is 2.96. The monoisotopic (exact) mass is 429 g/mol. The number of H-pyrrole nitrogens is 1. The van der Waals surface area contributed by atoms with Crippen molar-refractivity contribution in [2.75, 3.05) is 0 Å². The Morgan fingerprint density at radius 1 is 1.00 bits per heavy atom. The van der Waals surface area contributed by atoms with Crippen LogP contribution in [0, 0.1) is 6.07 Å². The SMILES string of the molecule is [Cl][Zr+2][Cl].[c-]1cccc2c1Cc1c-2[nH]c2ccccc12.c1cc[cH-]c1. The summed E-state index contributed by atoms with van der Waals surface area (Å²) in [6, 6.07) is 28.1. The van der Waals surface area contributed by atoms with E-state index in [2.05, 4.69) is 47.4 Å². The Bertz CT molecular complexity index is 880. The number of aromatic amines is 1. The Morgan fingerprint density at radius 2 is 1.75 bits per heavy atom. The van der Waals surface area contributed by atoms with Gasteiger partial charge in [0.05, 0.1) is 0 Å². The second-order valence-corrected chi connectivity index (χ2v) is 9.03. The van der Waals surface area contributed by atoms with Gasteiger partial charge >= 0.3 is 37.9 Å². The number of nitrogens with one attached hydrogen (secondary N) is 1. The van der Waals surface area contributed by atoms with Gasteiger partial charge in [-0.3, -0.25) is 0 Å². The van der Waals surface area contributed by atoms with Crippen molar-refractivity contribution < 1.29 is 20.8 Å². The summed E-state index contributed by atoms with van der Waals surface area (Å²) in [5, 5.41) is 1.35. The van der Waals surface area contributed by atoms with Crippen LogP contribution in [-0.2, 0) is 27.3 Å². The molecule has 24 heavy (non-hydrogen) atoms. The van der Waals surface area contributed by atoms with E-state index >= 15 is 0 Å². The predicted octanol–water partition coefficient (Wildman–Crippen LogP) is 6.32. The normalized spacial score (nSPS) is 10.6. The van der Waals surface area contributed by atoms with E-state index in [9.17, 15) is 0 Å². The van der Waals surface area contributed by atoms with Gasteiger partial charge in [-0.05, 0) is 23.7 Å². The van der Waals surface area contributed by atoms with E-state index in [1.807, 2.05) is 36.4 Å². The van der Waals surface area contributed by atoms with Crippen LogP contribution in [0.4, 0.5) is 0 Å². The van der Waals surface area contributed by atoms with E-state index < -0.39 is 20.8 Å². The minimum atomic E-state index is -0.826. The van der Waals surface area contributed by atoms with Crippen LogP contribution in [0.3, 0.4) is 0 Å². The summed E-state index contributed by atoms with van der Waals surface area (Å²) in [6.07, 6.45) is 1.01. The maximum absolute atomic E-state index is 4.93. The predicted molar refractivity (Wildman–Crippen MR) is 99.1 cm³/mol. The van der Waals surface area contributed by atoms with E-state index in [0.717, 1.165) is 6.42 Å². The summed E-state index contributed by atoms with van der Waals surface area (Å²) in [6.45, 7) is 0. The maximum Gasteiger partial charge on any atom is 0.0453 e. The summed E-state index contributed by atoms with van der Waals surface area (Å²) in [5.41, 5.74) is 6.58. The Morgan fingerprint density at radius 3 is 2.46 bits per heavy atom. The quantitative estimate of drug-likeness (QED) is 0.276. The molecule has 0 fully saturated rings. The molecule has 0 radical (unpaired) electrons. The van der Waals surface area contributed by atoms with Gasteiger partial charge in [0.1, 0.15) is 0 Å². The summed E-state index contributed by atoms with van der Waals surface area (Å²) in [5.74, 6) is 0. The van der Waals surface area contributed by atoms with Crippen molar-refractivity contribution in [3.05, 3.63) is 90.0 Å². The second kappa shape index (κ2) is 8.76. The zero-order chi connectivity index (χ0) is 16.8. The first-order valence-electron chi connectivity index (χ1n) is 7.57. The van der Waals surface area contributed by atoms with Crippen molar-refractivity contribution in [3.63, 3.8) is 0 Å². The minimum absolute atomic E-state index is 0.826. The zero-order valence-electron chi connectivity index (χ0n) is 12.9. The third-order valence-electron chi connectivity index (χ3n) is 3.93. The summed E-state index contributed by atoms with van der Waals surface area (Å²) < 4.78 is 0. The second-order valence-electron chi connectivity index (χ2n) is 5.30. The Balaban J connectivity index is 0.000000178. The van der Waals surface area contributed by atoms with Gasteiger partial charge in [-0.25, -0.2) is 12.1 Å². The molecule has 1 aliphatic rings. The molecule has 3 aromatic carbocycles. The molecule has 1 nitrogen and oxygen atoms in total. The fraction of sp³-hybridized carbons (Fsp3) is 0.0500. The Kier molecular flexibility index (Phi) is 6.43. The third kappa shape index (κ3) is 3.88. The van der Waals surface area contributed by atoms with Crippen LogP contribution >= 0.6 is 17.0 Å². The van der Waals surface area contributed by atoms with Gasteiger partial charge in [0, 0.05) is 10.9 Å². The number of para-hydroxylation sites is 1. The average Bonchev–Trinajstić information content (AvgIpc) is 3.34. The van der Waals surface area contributed by atoms with Gasteiger partial charge in [0.25, 0.3) is 0 Å². The van der Waals surface area contributed by atoms with Gasteiger partial charge in [-0.2, -0.15) is 42.5 Å². The van der Waals surface area contributed by atoms with Crippen LogP contribution in [0.25, 0.3) is 22.2 Å². The number of benzene rings is 2. The van der Waals surface area contributed by atoms with Crippen molar-refractivity contribution in [1.29, 1.82) is 0 Å². The molecule has 1 aromatic heterocycles. The number of hydrogen-bond acceptors (Lipinski definition) is 0. The van der Waals surface area contributed by atoms with Gasteiger partial charge in [-0.15, -0.1) is 11.1 Å².